The number of hydrogen-bond acceptors (Lipinski definition) is 6. The maximum atomic E-state index is 9.36. The Morgan fingerprint density at radius 2 is 2.00 bits per heavy atom. The van der Waals surface area contributed by atoms with Crippen molar-refractivity contribution in [2.24, 2.45) is 17.5 Å². The van der Waals surface area contributed by atoms with Crippen molar-refractivity contribution in [1.29, 1.82) is 0 Å². The summed E-state index contributed by atoms with van der Waals surface area (Å²) < 4.78 is 4.81. The van der Waals surface area contributed by atoms with E-state index in [4.69, 9.17) is 16.4 Å². The fourth-order valence-corrected chi connectivity index (χ4v) is 1.14. The van der Waals surface area contributed by atoms with Crippen molar-refractivity contribution in [1.82, 2.24) is 0 Å². The van der Waals surface area contributed by atoms with Crippen LogP contribution >= 0.6 is 0 Å². The van der Waals surface area contributed by atoms with Gasteiger partial charge in [-0.2, -0.15) is 0 Å². The third-order valence-electron chi connectivity index (χ3n) is 2.14. The van der Waals surface area contributed by atoms with Crippen LogP contribution in [0.2, 0.25) is 0 Å². The van der Waals surface area contributed by atoms with Gasteiger partial charge in [-0.3, -0.25) is 4.84 Å². The molecule has 1 aliphatic rings. The fourth-order valence-electron chi connectivity index (χ4n) is 1.14. The topological polar surface area (TPSA) is 111 Å². The van der Waals surface area contributed by atoms with Gasteiger partial charge >= 0.3 is 0 Å². The van der Waals surface area contributed by atoms with Gasteiger partial charge < -0.3 is 20.7 Å². The van der Waals surface area contributed by atoms with Crippen LogP contribution in [0.15, 0.2) is 0 Å². The van der Waals surface area contributed by atoms with Gasteiger partial charge in [0, 0.05) is 12.0 Å². The van der Waals surface area contributed by atoms with Gasteiger partial charge in [-0.05, 0) is 0 Å². The molecule has 1 fully saturated rings. The second-order valence-corrected chi connectivity index (χ2v) is 2.96. The van der Waals surface area contributed by atoms with Gasteiger partial charge in [-0.25, -0.2) is 5.90 Å². The van der Waals surface area contributed by atoms with Crippen molar-refractivity contribution in [3.05, 3.63) is 0 Å². The lowest BCUT2D eigenvalue weighted by molar-refractivity contribution is -0.308. The minimum atomic E-state index is -1.05. The van der Waals surface area contributed by atoms with Gasteiger partial charge in [0.1, 0.15) is 6.10 Å². The molecule has 0 spiro atoms. The third-order valence-corrected chi connectivity index (χ3v) is 2.14. The molecule has 6 N–H and O–H groups in total. The lowest BCUT2D eigenvalue weighted by Crippen LogP contribution is -2.58. The molecule has 1 saturated heterocycles. The zero-order valence-corrected chi connectivity index (χ0v) is 6.75. The Morgan fingerprint density at radius 3 is 2.50 bits per heavy atom. The summed E-state index contributed by atoms with van der Waals surface area (Å²) in [5, 5.41) is 18.6. The zero-order valence-electron chi connectivity index (χ0n) is 6.75. The summed E-state index contributed by atoms with van der Waals surface area (Å²) >= 11 is 0. The molecular weight excluding hydrogens is 164 g/mol. The molecule has 5 atom stereocenters. The van der Waals surface area contributed by atoms with E-state index in [2.05, 4.69) is 4.84 Å². The van der Waals surface area contributed by atoms with E-state index in [1.165, 1.54) is 0 Å². The van der Waals surface area contributed by atoms with Crippen molar-refractivity contribution in [3.63, 3.8) is 0 Å². The Morgan fingerprint density at radius 1 is 1.42 bits per heavy atom. The predicted molar refractivity (Wildman–Crippen MR) is 39.3 cm³/mol. The number of hydrogen-bond donors (Lipinski definition) is 4. The molecule has 6 nitrogen and oxygen atoms in total. The van der Waals surface area contributed by atoms with E-state index in [0.717, 1.165) is 0 Å². The average molecular weight is 178 g/mol. The molecular formula is C6H14N2O4. The van der Waals surface area contributed by atoms with Crippen LogP contribution in [0.5, 0.6) is 0 Å². The molecule has 1 rings (SSSR count). The predicted octanol–water partition coefficient (Wildman–Crippen LogP) is -2.12. The molecule has 6 heteroatoms. The maximum Gasteiger partial charge on any atom is 0.207 e. The molecule has 12 heavy (non-hydrogen) atoms. The van der Waals surface area contributed by atoms with Gasteiger partial charge in [-0.1, -0.05) is 6.92 Å². The molecule has 0 aromatic heterocycles. The summed E-state index contributed by atoms with van der Waals surface area (Å²) in [5.41, 5.74) is 5.55. The summed E-state index contributed by atoms with van der Waals surface area (Å²) in [6, 6.07) is -0.595. The van der Waals surface area contributed by atoms with E-state index in [1.54, 1.807) is 6.92 Å². The molecule has 0 bridgehead atoms. The van der Waals surface area contributed by atoms with Crippen molar-refractivity contribution in [2.45, 2.75) is 31.6 Å². The Bertz CT molecular complexity index is 152. The van der Waals surface area contributed by atoms with Gasteiger partial charge in [0.15, 0.2) is 6.29 Å². The van der Waals surface area contributed by atoms with E-state index in [9.17, 15) is 10.2 Å². The first-order valence-electron chi connectivity index (χ1n) is 3.70. The van der Waals surface area contributed by atoms with Crippen LogP contribution in [-0.2, 0) is 9.57 Å². The van der Waals surface area contributed by atoms with E-state index in [1.807, 2.05) is 0 Å². The monoisotopic (exact) mass is 178 g/mol. The molecule has 1 aliphatic heterocycles. The quantitative estimate of drug-likeness (QED) is 0.341. The first kappa shape index (κ1) is 9.85. The van der Waals surface area contributed by atoms with Gasteiger partial charge in [0.05, 0.1) is 0 Å². The van der Waals surface area contributed by atoms with Crippen molar-refractivity contribution in [2.75, 3.05) is 0 Å². The first-order chi connectivity index (χ1) is 5.57. The van der Waals surface area contributed by atoms with Gasteiger partial charge in [0.25, 0.3) is 0 Å². The zero-order chi connectivity index (χ0) is 9.30. The summed E-state index contributed by atoms with van der Waals surface area (Å²) in [4.78, 5) is 4.28. The largest absolute Gasteiger partial charge is 0.386 e. The SMILES string of the molecule is CC1C(O)OC(ON)C(O)C1N. The second-order valence-electron chi connectivity index (χ2n) is 2.96. The lowest BCUT2D eigenvalue weighted by Gasteiger charge is -2.38. The van der Waals surface area contributed by atoms with E-state index in [-0.39, 0.29) is 5.92 Å². The van der Waals surface area contributed by atoms with Crippen LogP contribution in [0, 0.1) is 5.92 Å². The standard InChI is InChI=1S/C6H14N2O4/c1-2-3(7)4(9)6(12-8)11-5(2)10/h2-6,9-10H,7-8H2,1H3. The summed E-state index contributed by atoms with van der Waals surface area (Å²) in [6.07, 6.45) is -3.10. The summed E-state index contributed by atoms with van der Waals surface area (Å²) in [6.45, 7) is 1.67. The van der Waals surface area contributed by atoms with E-state index >= 15 is 0 Å². The third kappa shape index (κ3) is 1.58. The van der Waals surface area contributed by atoms with Gasteiger partial charge in [-0.15, -0.1) is 0 Å². The number of aliphatic hydroxyl groups is 2. The van der Waals surface area contributed by atoms with Crippen LogP contribution in [0.1, 0.15) is 6.92 Å². The molecule has 72 valence electrons. The van der Waals surface area contributed by atoms with Crippen LogP contribution in [0.25, 0.3) is 0 Å². The first-order valence-corrected chi connectivity index (χ1v) is 3.70. The highest BCUT2D eigenvalue weighted by atomic mass is 16.8. The number of nitrogens with two attached hydrogens (primary N) is 2. The van der Waals surface area contributed by atoms with Crippen molar-refractivity contribution in [3.8, 4) is 0 Å². The van der Waals surface area contributed by atoms with Crippen molar-refractivity contribution >= 4 is 0 Å². The van der Waals surface area contributed by atoms with Crippen LogP contribution in [0.3, 0.4) is 0 Å². The smallest absolute Gasteiger partial charge is 0.207 e. The summed E-state index contributed by atoms with van der Waals surface area (Å²) in [7, 11) is 0. The normalized spacial score (nSPS) is 49.2. The number of aliphatic hydroxyl groups excluding tert-OH is 2. The Labute approximate surface area is 70.0 Å². The van der Waals surface area contributed by atoms with Crippen molar-refractivity contribution < 1.29 is 19.8 Å². The Balaban J connectivity index is 2.63. The second kappa shape index (κ2) is 3.65. The number of rotatable bonds is 1. The minimum absolute atomic E-state index is 0.341. The molecule has 1 heterocycles. The fraction of sp³-hybridized carbons (Fsp3) is 1.00. The van der Waals surface area contributed by atoms with Crippen LogP contribution < -0.4 is 11.6 Å². The van der Waals surface area contributed by atoms with E-state index in [0.29, 0.717) is 0 Å². The van der Waals surface area contributed by atoms with Gasteiger partial charge in [0.2, 0.25) is 6.29 Å². The summed E-state index contributed by atoms with van der Waals surface area (Å²) in [5.74, 6) is 4.47. The Hall–Kier alpha value is -0.240. The molecule has 0 aromatic carbocycles. The highest BCUT2D eigenvalue weighted by Crippen LogP contribution is 2.22. The molecule has 0 aromatic rings. The molecule has 0 amide bonds. The molecule has 0 aliphatic carbocycles. The molecule has 5 unspecified atom stereocenters. The Kier molecular flexibility index (Phi) is 2.99. The highest BCUT2D eigenvalue weighted by molar-refractivity contribution is 4.85. The van der Waals surface area contributed by atoms with E-state index < -0.39 is 24.7 Å². The lowest BCUT2D eigenvalue weighted by atomic mass is 9.94. The highest BCUT2D eigenvalue weighted by Gasteiger charge is 2.40. The molecule has 0 radical (unpaired) electrons. The molecule has 0 saturated carbocycles. The average Bonchev–Trinajstić information content (AvgIpc) is 2.08. The number of ether oxygens (including phenoxy) is 1. The van der Waals surface area contributed by atoms with Crippen LogP contribution in [0.4, 0.5) is 0 Å². The van der Waals surface area contributed by atoms with Crippen LogP contribution in [-0.4, -0.2) is 34.9 Å². The minimum Gasteiger partial charge on any atom is -0.386 e. The maximum absolute atomic E-state index is 9.36.